The number of carboxylic acid groups (broad SMARTS) is 1. The maximum Gasteiger partial charge on any atom is 0.356 e. The first kappa shape index (κ1) is 8.93. The van der Waals surface area contributed by atoms with Crippen molar-refractivity contribution in [3.05, 3.63) is 18.1 Å². The lowest BCUT2D eigenvalue weighted by atomic mass is 10.4. The topological polar surface area (TPSA) is 75.1 Å². The molecule has 14 heavy (non-hydrogen) atoms. The van der Waals surface area contributed by atoms with Crippen molar-refractivity contribution in [1.82, 2.24) is 9.97 Å². The molecule has 1 aliphatic carbocycles. The van der Waals surface area contributed by atoms with Crippen LogP contribution in [0.5, 0.6) is 0 Å². The molecule has 1 fully saturated rings. The highest BCUT2D eigenvalue weighted by atomic mass is 16.4. The molecule has 5 heteroatoms. The van der Waals surface area contributed by atoms with Crippen molar-refractivity contribution < 1.29 is 9.90 Å². The van der Waals surface area contributed by atoms with Gasteiger partial charge in [-0.2, -0.15) is 0 Å². The van der Waals surface area contributed by atoms with Crippen LogP contribution in [0.2, 0.25) is 0 Å². The molecule has 2 atom stereocenters. The van der Waals surface area contributed by atoms with E-state index in [2.05, 4.69) is 22.2 Å². The molecule has 1 heterocycles. The summed E-state index contributed by atoms with van der Waals surface area (Å²) in [7, 11) is 0. The van der Waals surface area contributed by atoms with Crippen molar-refractivity contribution in [1.29, 1.82) is 0 Å². The molecule has 0 spiro atoms. The summed E-state index contributed by atoms with van der Waals surface area (Å²) in [5.74, 6) is 0.134. The van der Waals surface area contributed by atoms with Gasteiger partial charge in [-0.1, -0.05) is 6.92 Å². The Hall–Kier alpha value is -1.65. The zero-order valence-electron chi connectivity index (χ0n) is 7.77. The van der Waals surface area contributed by atoms with E-state index in [0.717, 1.165) is 6.42 Å². The summed E-state index contributed by atoms with van der Waals surface area (Å²) in [6.07, 6.45) is 3.89. The van der Waals surface area contributed by atoms with Crippen LogP contribution in [0.3, 0.4) is 0 Å². The highest BCUT2D eigenvalue weighted by Gasteiger charge is 2.32. The number of carboxylic acids is 1. The fraction of sp³-hybridized carbons (Fsp3) is 0.444. The van der Waals surface area contributed by atoms with Crippen LogP contribution in [0.4, 0.5) is 5.82 Å². The first-order valence-corrected chi connectivity index (χ1v) is 4.48. The minimum Gasteiger partial charge on any atom is -0.476 e. The summed E-state index contributed by atoms with van der Waals surface area (Å²) in [5.41, 5.74) is -0.0247. The Labute approximate surface area is 81.2 Å². The van der Waals surface area contributed by atoms with Gasteiger partial charge in [0.15, 0.2) is 5.69 Å². The number of aromatic nitrogens is 2. The van der Waals surface area contributed by atoms with Gasteiger partial charge in [0, 0.05) is 6.04 Å². The van der Waals surface area contributed by atoms with E-state index in [1.165, 1.54) is 12.4 Å². The van der Waals surface area contributed by atoms with E-state index in [-0.39, 0.29) is 5.69 Å². The van der Waals surface area contributed by atoms with Crippen LogP contribution in [0.15, 0.2) is 12.4 Å². The number of nitrogens with zero attached hydrogens (tertiary/aromatic N) is 2. The number of hydrogen-bond acceptors (Lipinski definition) is 4. The molecule has 0 radical (unpaired) electrons. The molecule has 2 rings (SSSR count). The first-order valence-electron chi connectivity index (χ1n) is 4.48. The number of carbonyl (C=O) groups is 1. The Kier molecular flexibility index (Phi) is 2.07. The smallest absolute Gasteiger partial charge is 0.356 e. The van der Waals surface area contributed by atoms with Gasteiger partial charge in [0.2, 0.25) is 0 Å². The highest BCUT2D eigenvalue weighted by Crippen LogP contribution is 2.31. The van der Waals surface area contributed by atoms with Crippen LogP contribution < -0.4 is 5.32 Å². The van der Waals surface area contributed by atoms with Gasteiger partial charge in [0.05, 0.1) is 12.4 Å². The van der Waals surface area contributed by atoms with E-state index in [1.807, 2.05) is 0 Å². The van der Waals surface area contributed by atoms with Crippen molar-refractivity contribution in [3.8, 4) is 0 Å². The molecular weight excluding hydrogens is 182 g/mol. The predicted molar refractivity (Wildman–Crippen MR) is 50.2 cm³/mol. The molecule has 1 saturated carbocycles. The quantitative estimate of drug-likeness (QED) is 0.748. The van der Waals surface area contributed by atoms with Crippen LogP contribution in [0.25, 0.3) is 0 Å². The van der Waals surface area contributed by atoms with Crippen molar-refractivity contribution in [3.63, 3.8) is 0 Å². The number of rotatable bonds is 3. The Morgan fingerprint density at radius 2 is 2.36 bits per heavy atom. The summed E-state index contributed by atoms with van der Waals surface area (Å²) >= 11 is 0. The van der Waals surface area contributed by atoms with Gasteiger partial charge in [-0.05, 0) is 12.3 Å². The summed E-state index contributed by atoms with van der Waals surface area (Å²) in [5, 5.41) is 11.8. The third-order valence-corrected chi connectivity index (χ3v) is 2.30. The van der Waals surface area contributed by atoms with Gasteiger partial charge >= 0.3 is 5.97 Å². The number of aromatic carboxylic acids is 1. The molecule has 2 unspecified atom stereocenters. The molecule has 0 aliphatic heterocycles. The van der Waals surface area contributed by atoms with E-state index < -0.39 is 5.97 Å². The van der Waals surface area contributed by atoms with Gasteiger partial charge in [-0.15, -0.1) is 0 Å². The Balaban J connectivity index is 2.10. The lowest BCUT2D eigenvalue weighted by Crippen LogP contribution is -2.09. The second-order valence-corrected chi connectivity index (χ2v) is 3.56. The van der Waals surface area contributed by atoms with E-state index >= 15 is 0 Å². The van der Waals surface area contributed by atoms with Crippen molar-refractivity contribution in [2.75, 3.05) is 5.32 Å². The van der Waals surface area contributed by atoms with E-state index in [0.29, 0.717) is 17.8 Å². The molecule has 1 aromatic heterocycles. The van der Waals surface area contributed by atoms with E-state index in [4.69, 9.17) is 5.11 Å². The lowest BCUT2D eigenvalue weighted by Gasteiger charge is -2.03. The molecule has 5 nitrogen and oxygen atoms in total. The van der Waals surface area contributed by atoms with Crippen molar-refractivity contribution in [2.45, 2.75) is 19.4 Å². The maximum atomic E-state index is 10.6. The zero-order chi connectivity index (χ0) is 10.1. The lowest BCUT2D eigenvalue weighted by molar-refractivity contribution is 0.0690. The monoisotopic (exact) mass is 193 g/mol. The zero-order valence-corrected chi connectivity index (χ0v) is 7.77. The van der Waals surface area contributed by atoms with Crippen LogP contribution in [0, 0.1) is 5.92 Å². The van der Waals surface area contributed by atoms with Gasteiger partial charge < -0.3 is 10.4 Å². The Morgan fingerprint density at radius 3 is 2.93 bits per heavy atom. The number of anilines is 1. The van der Waals surface area contributed by atoms with Crippen LogP contribution in [-0.2, 0) is 0 Å². The number of hydrogen-bond donors (Lipinski definition) is 2. The normalized spacial score (nSPS) is 24.4. The van der Waals surface area contributed by atoms with Crippen molar-refractivity contribution >= 4 is 11.8 Å². The molecule has 0 saturated heterocycles. The summed E-state index contributed by atoms with van der Waals surface area (Å²) in [6, 6.07) is 0.424. The maximum absolute atomic E-state index is 10.6. The average molecular weight is 193 g/mol. The molecule has 1 aromatic rings. The first-order chi connectivity index (χ1) is 6.66. The molecular formula is C9H11N3O2. The summed E-state index contributed by atoms with van der Waals surface area (Å²) in [4.78, 5) is 18.3. The van der Waals surface area contributed by atoms with E-state index in [1.54, 1.807) is 0 Å². The summed E-state index contributed by atoms with van der Waals surface area (Å²) < 4.78 is 0. The third kappa shape index (κ3) is 1.81. The third-order valence-electron chi connectivity index (χ3n) is 2.30. The molecule has 0 bridgehead atoms. The molecule has 2 N–H and O–H groups in total. The molecule has 0 amide bonds. The molecule has 74 valence electrons. The highest BCUT2D eigenvalue weighted by molar-refractivity contribution is 5.85. The minimum absolute atomic E-state index is 0.0247. The fourth-order valence-electron chi connectivity index (χ4n) is 1.25. The average Bonchev–Trinajstić information content (AvgIpc) is 2.82. The van der Waals surface area contributed by atoms with Gasteiger partial charge in [0.25, 0.3) is 0 Å². The fourth-order valence-corrected chi connectivity index (χ4v) is 1.25. The second kappa shape index (κ2) is 3.25. The van der Waals surface area contributed by atoms with Gasteiger partial charge in [0.1, 0.15) is 5.82 Å². The SMILES string of the molecule is CC1CC1Nc1cncc(C(=O)O)n1. The number of nitrogens with one attached hydrogen (secondary N) is 1. The largest absolute Gasteiger partial charge is 0.476 e. The van der Waals surface area contributed by atoms with Crippen LogP contribution >= 0.6 is 0 Å². The van der Waals surface area contributed by atoms with Crippen molar-refractivity contribution in [2.24, 2.45) is 5.92 Å². The second-order valence-electron chi connectivity index (χ2n) is 3.56. The van der Waals surface area contributed by atoms with Crippen LogP contribution in [0.1, 0.15) is 23.8 Å². The van der Waals surface area contributed by atoms with Gasteiger partial charge in [-0.3, -0.25) is 4.98 Å². The van der Waals surface area contributed by atoms with E-state index in [9.17, 15) is 4.79 Å². The Morgan fingerprint density at radius 1 is 1.64 bits per heavy atom. The van der Waals surface area contributed by atoms with Crippen LogP contribution in [-0.4, -0.2) is 27.1 Å². The minimum atomic E-state index is -1.05. The molecule has 0 aromatic carbocycles. The summed E-state index contributed by atoms with van der Waals surface area (Å²) in [6.45, 7) is 2.13. The standard InChI is InChI=1S/C9H11N3O2/c1-5-2-6(5)11-8-4-10-3-7(12-8)9(13)14/h3-6H,2H2,1H3,(H,11,12)(H,13,14). The Bertz CT molecular complexity index is 367. The predicted octanol–water partition coefficient (Wildman–Crippen LogP) is 0.995. The molecule has 1 aliphatic rings. The van der Waals surface area contributed by atoms with Gasteiger partial charge in [-0.25, -0.2) is 9.78 Å².